The molecule has 0 saturated carbocycles. The number of carbonyl (C=O) groups excluding carboxylic acids is 1. The van der Waals surface area contributed by atoms with Gasteiger partial charge in [-0.15, -0.1) is 6.42 Å². The molecule has 5 rings (SSSR count). The number of nitrogens with zero attached hydrogens (tertiary/aromatic N) is 1. The van der Waals surface area contributed by atoms with Gasteiger partial charge in [0.15, 0.2) is 17.6 Å². The molecule has 11 nitrogen and oxygen atoms in total. The second-order valence-corrected chi connectivity index (χ2v) is 10.1. The maximum absolute atomic E-state index is 12.4. The molecule has 206 valence electrons. The number of piperidine rings is 1. The van der Waals surface area contributed by atoms with Gasteiger partial charge in [0.25, 0.3) is 5.91 Å². The fourth-order valence-corrected chi connectivity index (χ4v) is 6.41. The van der Waals surface area contributed by atoms with E-state index in [1.54, 1.807) is 19.3 Å². The van der Waals surface area contributed by atoms with Crippen molar-refractivity contribution in [3.63, 3.8) is 0 Å². The molecule has 4 aliphatic rings. The van der Waals surface area contributed by atoms with Crippen LogP contribution in [0, 0.1) is 18.3 Å². The van der Waals surface area contributed by atoms with Gasteiger partial charge in [-0.25, -0.2) is 10.3 Å². The molecule has 0 unspecified atom stereocenters. The van der Waals surface area contributed by atoms with Gasteiger partial charge in [-0.3, -0.25) is 4.79 Å². The van der Waals surface area contributed by atoms with Crippen molar-refractivity contribution < 1.29 is 38.4 Å². The number of likely N-dealkylation sites (N-methyl/N-ethyl adjacent to an activating group) is 1. The van der Waals surface area contributed by atoms with Crippen LogP contribution in [0.1, 0.15) is 17.5 Å². The molecule has 4 N–H and O–H groups in total. The quantitative estimate of drug-likeness (QED) is 0.0857. The van der Waals surface area contributed by atoms with Crippen molar-refractivity contribution in [3.05, 3.63) is 29.3 Å². The number of nitrogen functional groups attached to an aromatic ring is 1. The number of hydroxylamine groups is 1. The van der Waals surface area contributed by atoms with Crippen LogP contribution in [0.4, 0.5) is 5.69 Å². The zero-order chi connectivity index (χ0) is 26.9. The summed E-state index contributed by atoms with van der Waals surface area (Å²) >= 11 is 0. The zero-order valence-corrected chi connectivity index (χ0v) is 21.7. The maximum Gasteiger partial charge on any atom is 0.269 e. The van der Waals surface area contributed by atoms with Crippen LogP contribution < -0.4 is 20.7 Å². The summed E-state index contributed by atoms with van der Waals surface area (Å²) in [6, 6.07) is 1.97. The summed E-state index contributed by atoms with van der Waals surface area (Å²) in [4.78, 5) is 20.4. The molecule has 1 spiro atoms. The van der Waals surface area contributed by atoms with Crippen LogP contribution in [-0.2, 0) is 35.7 Å². The van der Waals surface area contributed by atoms with Crippen molar-refractivity contribution in [3.8, 4) is 23.8 Å². The second-order valence-electron chi connectivity index (χ2n) is 10.1. The Kier molecular flexibility index (Phi) is 7.55. The molecule has 1 fully saturated rings. The number of anilines is 1. The molecule has 2 heterocycles. The van der Waals surface area contributed by atoms with Crippen LogP contribution >= 0.6 is 0 Å². The Hall–Kier alpha value is -2.85. The van der Waals surface area contributed by atoms with E-state index in [-0.39, 0.29) is 31.8 Å². The number of terminal acetylenes is 1. The highest BCUT2D eigenvalue weighted by atomic mass is 16.8. The highest BCUT2D eigenvalue weighted by molar-refractivity contribution is 5.76. The number of rotatable bonds is 12. The predicted molar refractivity (Wildman–Crippen MR) is 136 cm³/mol. The number of aliphatic hydroxyl groups is 1. The van der Waals surface area contributed by atoms with Crippen LogP contribution in [0.3, 0.4) is 0 Å². The Labute approximate surface area is 222 Å². The summed E-state index contributed by atoms with van der Waals surface area (Å²) in [7, 11) is 3.68. The maximum atomic E-state index is 12.4. The number of methoxy groups -OCH3 is 1. The van der Waals surface area contributed by atoms with E-state index in [2.05, 4.69) is 23.3 Å². The van der Waals surface area contributed by atoms with Gasteiger partial charge in [0, 0.05) is 29.3 Å². The molecule has 1 amide bonds. The first-order valence-electron chi connectivity index (χ1n) is 12.8. The Morgan fingerprint density at radius 2 is 2.08 bits per heavy atom. The van der Waals surface area contributed by atoms with Gasteiger partial charge in [-0.1, -0.05) is 12.0 Å². The van der Waals surface area contributed by atoms with Gasteiger partial charge in [0.2, 0.25) is 5.79 Å². The third-order valence-corrected chi connectivity index (χ3v) is 8.05. The molecule has 2 aliphatic heterocycles. The Morgan fingerprint density at radius 1 is 1.32 bits per heavy atom. The van der Waals surface area contributed by atoms with Gasteiger partial charge in [0.1, 0.15) is 13.2 Å². The number of amides is 1. The minimum Gasteiger partial charge on any atom is -0.493 e. The Morgan fingerprint density at radius 3 is 2.84 bits per heavy atom. The highest BCUT2D eigenvalue weighted by Gasteiger charge is 2.69. The topological polar surface area (TPSA) is 134 Å². The van der Waals surface area contributed by atoms with Crippen molar-refractivity contribution in [1.29, 1.82) is 0 Å². The van der Waals surface area contributed by atoms with E-state index in [9.17, 15) is 9.90 Å². The largest absolute Gasteiger partial charge is 0.493 e. The van der Waals surface area contributed by atoms with E-state index in [4.69, 9.17) is 40.7 Å². The van der Waals surface area contributed by atoms with E-state index in [1.165, 1.54) is 0 Å². The number of benzene rings is 1. The summed E-state index contributed by atoms with van der Waals surface area (Å²) in [5.74, 6) is 1.09. The lowest BCUT2D eigenvalue weighted by atomic mass is 9.52. The molecule has 11 heteroatoms. The summed E-state index contributed by atoms with van der Waals surface area (Å²) in [6.45, 7) is 2.05. The molecule has 0 radical (unpaired) electrons. The molecule has 2 aliphatic carbocycles. The molecular formula is C27H35N3O8. The van der Waals surface area contributed by atoms with Crippen molar-refractivity contribution in [2.45, 2.75) is 36.2 Å². The number of nitrogens with one attached hydrogen (secondary N) is 1. The van der Waals surface area contributed by atoms with E-state index in [0.29, 0.717) is 37.0 Å². The number of carbonyl (C=O) groups is 1. The van der Waals surface area contributed by atoms with Crippen LogP contribution in [0.25, 0.3) is 0 Å². The van der Waals surface area contributed by atoms with Crippen LogP contribution in [0.2, 0.25) is 0 Å². The number of hydrogen-bond acceptors (Lipinski definition) is 10. The molecule has 38 heavy (non-hydrogen) atoms. The third kappa shape index (κ3) is 4.41. The van der Waals surface area contributed by atoms with Crippen molar-refractivity contribution in [2.75, 3.05) is 66.1 Å². The molecule has 5 atom stereocenters. The van der Waals surface area contributed by atoms with Crippen LogP contribution in [0.5, 0.6) is 11.5 Å². The smallest absolute Gasteiger partial charge is 0.269 e. The van der Waals surface area contributed by atoms with Crippen molar-refractivity contribution in [1.82, 2.24) is 10.4 Å². The molecule has 0 aromatic heterocycles. The molecular weight excluding hydrogens is 494 g/mol. The first-order valence-corrected chi connectivity index (χ1v) is 12.8. The summed E-state index contributed by atoms with van der Waals surface area (Å²) < 4.78 is 27.8. The van der Waals surface area contributed by atoms with Gasteiger partial charge in [-0.05, 0) is 38.1 Å². The standard InChI is InChI=1S/C27H35N3O8/c1-4-9-34-10-11-35-12-13-36-16-22(31)29-38-27(32)6-5-18-20-14-17-19(28)15-21(33-3)24-23(17)26(18,25(27)37-24)7-8-30(20)2/h1,5-6,15,18,20,25,32H,7-14,16,28H2,2-3H3,(H,29,31)/t18-,20+,25+,26-,27+/m0/s1. The lowest BCUT2D eigenvalue weighted by Crippen LogP contribution is -2.69. The van der Waals surface area contributed by atoms with Crippen molar-refractivity contribution >= 4 is 11.6 Å². The second kappa shape index (κ2) is 10.7. The van der Waals surface area contributed by atoms with E-state index < -0.39 is 23.2 Å². The fraction of sp³-hybridized carbons (Fsp3) is 0.593. The van der Waals surface area contributed by atoms with E-state index >= 15 is 0 Å². The molecule has 1 saturated heterocycles. The minimum absolute atomic E-state index is 0.0754. The predicted octanol–water partition coefficient (Wildman–Crippen LogP) is 0.142. The van der Waals surface area contributed by atoms with Gasteiger partial charge in [-0.2, -0.15) is 0 Å². The third-order valence-electron chi connectivity index (χ3n) is 8.05. The zero-order valence-electron chi connectivity index (χ0n) is 21.7. The molecule has 1 aromatic rings. The first kappa shape index (κ1) is 26.7. The Balaban J connectivity index is 1.25. The summed E-state index contributed by atoms with van der Waals surface area (Å²) in [6.07, 6.45) is 9.36. The molecule has 2 bridgehead atoms. The minimum atomic E-state index is -1.92. The number of nitrogens with two attached hydrogens (primary N) is 1. The molecule has 1 aromatic carbocycles. The van der Waals surface area contributed by atoms with Crippen LogP contribution in [-0.4, -0.2) is 94.2 Å². The lowest BCUT2D eigenvalue weighted by Gasteiger charge is -2.57. The Bertz CT molecular complexity index is 1140. The van der Waals surface area contributed by atoms with E-state index in [1.807, 2.05) is 6.08 Å². The normalized spacial score (nSPS) is 30.3. The number of likely N-dealkylation sites (tertiary alicyclic amines) is 1. The van der Waals surface area contributed by atoms with Crippen molar-refractivity contribution in [2.24, 2.45) is 5.92 Å². The van der Waals surface area contributed by atoms with Gasteiger partial charge < -0.3 is 39.4 Å². The average Bonchev–Trinajstić information content (AvgIpc) is 3.26. The van der Waals surface area contributed by atoms with Gasteiger partial charge in [0.05, 0.1) is 39.0 Å². The highest BCUT2D eigenvalue weighted by Crippen LogP contribution is 2.64. The number of ether oxygens (including phenoxy) is 5. The fourth-order valence-electron chi connectivity index (χ4n) is 6.41. The van der Waals surface area contributed by atoms with Gasteiger partial charge >= 0.3 is 0 Å². The lowest BCUT2D eigenvalue weighted by molar-refractivity contribution is -0.267. The monoisotopic (exact) mass is 529 g/mol. The van der Waals surface area contributed by atoms with E-state index in [0.717, 1.165) is 30.5 Å². The summed E-state index contributed by atoms with van der Waals surface area (Å²) in [5.41, 5.74) is 10.9. The summed E-state index contributed by atoms with van der Waals surface area (Å²) in [5, 5.41) is 11.7. The first-order chi connectivity index (χ1) is 18.4. The SMILES string of the molecule is C#CCOCCOCCOCC(=O)NO[C@]1(O)C=C[C@H]2[C@H]3Cc4c(N)cc(OC)c5c4[C@@]2(CCN3C)[C@H]1O5. The number of hydrogen-bond donors (Lipinski definition) is 3. The van der Waals surface area contributed by atoms with Crippen LogP contribution in [0.15, 0.2) is 18.2 Å². The average molecular weight is 530 g/mol.